The summed E-state index contributed by atoms with van der Waals surface area (Å²) in [5.74, 6) is 0.300. The molecule has 1 fully saturated rings. The summed E-state index contributed by atoms with van der Waals surface area (Å²) in [6.07, 6.45) is 4.89. The van der Waals surface area contributed by atoms with E-state index in [-0.39, 0.29) is 12.1 Å². The van der Waals surface area contributed by atoms with Gasteiger partial charge in [-0.25, -0.2) is 0 Å². The van der Waals surface area contributed by atoms with Crippen molar-refractivity contribution in [3.63, 3.8) is 0 Å². The number of ketones is 1. The molecule has 1 saturated heterocycles. The van der Waals surface area contributed by atoms with E-state index in [4.69, 9.17) is 0 Å². The van der Waals surface area contributed by atoms with Crippen molar-refractivity contribution in [2.75, 3.05) is 6.54 Å². The lowest BCUT2D eigenvalue weighted by molar-refractivity contribution is -0.125. The van der Waals surface area contributed by atoms with Crippen LogP contribution in [0.3, 0.4) is 0 Å². The maximum absolute atomic E-state index is 11.7. The maximum atomic E-state index is 11.7. The molecule has 1 aromatic rings. The first kappa shape index (κ1) is 12.0. The number of aryl methyl sites for hydroxylation is 1. The van der Waals surface area contributed by atoms with Gasteiger partial charge in [0, 0.05) is 38.7 Å². The average Bonchev–Trinajstić information content (AvgIpc) is 2.68. The number of likely N-dealkylation sites (tertiary alicyclic amines) is 1. The van der Waals surface area contributed by atoms with Crippen molar-refractivity contribution in [2.45, 2.75) is 31.8 Å². The predicted molar refractivity (Wildman–Crippen MR) is 64.4 cm³/mol. The van der Waals surface area contributed by atoms with E-state index in [1.54, 1.807) is 4.68 Å². The molecular formula is C12H18N4O. The minimum atomic E-state index is 0.0398. The summed E-state index contributed by atoms with van der Waals surface area (Å²) >= 11 is 0. The molecule has 0 saturated carbocycles. The molecule has 2 atom stereocenters. The van der Waals surface area contributed by atoms with Crippen LogP contribution in [-0.2, 0) is 11.8 Å². The summed E-state index contributed by atoms with van der Waals surface area (Å²) in [4.78, 5) is 14.0. The standard InChI is InChI=1S/C12H18N4O/c1-4-5-16-9(2)6-10(17)7-12(16)11-8-15(3)14-13-11/h4,8-9,12H,1,5-7H2,2-3H3/t9-,12-/m0/s1. The first-order chi connectivity index (χ1) is 8.11. The quantitative estimate of drug-likeness (QED) is 0.735. The molecule has 1 aliphatic heterocycles. The largest absolute Gasteiger partial charge is 0.300 e. The molecule has 0 radical (unpaired) electrons. The summed E-state index contributed by atoms with van der Waals surface area (Å²) < 4.78 is 1.67. The smallest absolute Gasteiger partial charge is 0.136 e. The van der Waals surface area contributed by atoms with Gasteiger partial charge in [0.05, 0.1) is 6.04 Å². The summed E-state index contributed by atoms with van der Waals surface area (Å²) in [5.41, 5.74) is 0.870. The lowest BCUT2D eigenvalue weighted by Gasteiger charge is -2.38. The van der Waals surface area contributed by atoms with Crippen molar-refractivity contribution >= 4 is 5.78 Å². The zero-order valence-corrected chi connectivity index (χ0v) is 10.3. The van der Waals surface area contributed by atoms with E-state index < -0.39 is 0 Å². The Morgan fingerprint density at radius 1 is 1.59 bits per heavy atom. The van der Waals surface area contributed by atoms with Crippen LogP contribution in [0.15, 0.2) is 18.9 Å². The topological polar surface area (TPSA) is 51.0 Å². The van der Waals surface area contributed by atoms with E-state index in [9.17, 15) is 4.79 Å². The zero-order chi connectivity index (χ0) is 12.4. The third kappa shape index (κ3) is 2.44. The fraction of sp³-hybridized carbons (Fsp3) is 0.583. The first-order valence-corrected chi connectivity index (χ1v) is 5.86. The molecule has 2 rings (SSSR count). The Kier molecular flexibility index (Phi) is 3.38. The van der Waals surface area contributed by atoms with Gasteiger partial charge in [-0.05, 0) is 6.92 Å². The predicted octanol–water partition coefficient (Wildman–Crippen LogP) is 1.10. The second-order valence-corrected chi connectivity index (χ2v) is 4.61. The number of hydrogen-bond acceptors (Lipinski definition) is 4. The Morgan fingerprint density at radius 2 is 2.35 bits per heavy atom. The van der Waals surface area contributed by atoms with Gasteiger partial charge in [0.25, 0.3) is 0 Å². The van der Waals surface area contributed by atoms with Crippen LogP contribution in [0.25, 0.3) is 0 Å². The van der Waals surface area contributed by atoms with E-state index in [0.29, 0.717) is 18.6 Å². The highest BCUT2D eigenvalue weighted by Gasteiger charge is 2.33. The Balaban J connectivity index is 2.26. The van der Waals surface area contributed by atoms with E-state index in [2.05, 4.69) is 28.7 Å². The second kappa shape index (κ2) is 4.79. The molecule has 0 aromatic carbocycles. The molecule has 0 spiro atoms. The number of piperidine rings is 1. The highest BCUT2D eigenvalue weighted by Crippen LogP contribution is 2.31. The lowest BCUT2D eigenvalue weighted by Crippen LogP contribution is -2.43. The van der Waals surface area contributed by atoms with Crippen LogP contribution < -0.4 is 0 Å². The van der Waals surface area contributed by atoms with Gasteiger partial charge < -0.3 is 0 Å². The van der Waals surface area contributed by atoms with Crippen LogP contribution in [0.4, 0.5) is 0 Å². The fourth-order valence-electron chi connectivity index (χ4n) is 2.42. The number of nitrogens with zero attached hydrogens (tertiary/aromatic N) is 4. The minimum Gasteiger partial charge on any atom is -0.300 e. The number of carbonyl (C=O) groups excluding carboxylic acids is 1. The first-order valence-electron chi connectivity index (χ1n) is 5.86. The SMILES string of the molecule is C=CCN1[C@@H](C)CC(=O)C[C@H]1c1cn(C)nn1. The zero-order valence-electron chi connectivity index (χ0n) is 10.3. The minimum absolute atomic E-state index is 0.0398. The summed E-state index contributed by atoms with van der Waals surface area (Å²) in [6.45, 7) is 6.62. The van der Waals surface area contributed by atoms with Gasteiger partial charge in [-0.1, -0.05) is 11.3 Å². The normalized spacial score (nSPS) is 26.1. The van der Waals surface area contributed by atoms with Crippen molar-refractivity contribution in [1.82, 2.24) is 19.9 Å². The third-order valence-electron chi connectivity index (χ3n) is 3.21. The molecule has 0 N–H and O–H groups in total. The second-order valence-electron chi connectivity index (χ2n) is 4.61. The van der Waals surface area contributed by atoms with Gasteiger partial charge in [-0.15, -0.1) is 11.7 Å². The summed E-state index contributed by atoms with van der Waals surface area (Å²) in [7, 11) is 1.84. The lowest BCUT2D eigenvalue weighted by atomic mass is 9.93. The van der Waals surface area contributed by atoms with Gasteiger partial charge in [-0.3, -0.25) is 14.4 Å². The molecule has 1 aliphatic rings. The van der Waals surface area contributed by atoms with Crippen molar-refractivity contribution in [2.24, 2.45) is 7.05 Å². The number of Topliss-reactive ketones (excluding diaryl/α,β-unsaturated/α-hetero) is 1. The highest BCUT2D eigenvalue weighted by atomic mass is 16.1. The van der Waals surface area contributed by atoms with Gasteiger partial charge in [0.1, 0.15) is 11.5 Å². The van der Waals surface area contributed by atoms with Gasteiger partial charge >= 0.3 is 0 Å². The van der Waals surface area contributed by atoms with Crippen LogP contribution in [0.2, 0.25) is 0 Å². The Hall–Kier alpha value is -1.49. The van der Waals surface area contributed by atoms with Gasteiger partial charge in [0.15, 0.2) is 0 Å². The molecule has 92 valence electrons. The van der Waals surface area contributed by atoms with E-state index >= 15 is 0 Å². The molecule has 0 bridgehead atoms. The van der Waals surface area contributed by atoms with Crippen LogP contribution in [0.5, 0.6) is 0 Å². The Bertz CT molecular complexity index is 426. The van der Waals surface area contributed by atoms with Crippen LogP contribution in [-0.4, -0.2) is 38.3 Å². The molecule has 2 heterocycles. The molecular weight excluding hydrogens is 216 g/mol. The molecule has 1 aromatic heterocycles. The number of hydrogen-bond donors (Lipinski definition) is 0. The van der Waals surface area contributed by atoms with E-state index in [1.807, 2.05) is 19.3 Å². The molecule has 0 unspecified atom stereocenters. The molecule has 0 amide bonds. The van der Waals surface area contributed by atoms with Crippen LogP contribution in [0.1, 0.15) is 31.5 Å². The van der Waals surface area contributed by atoms with Crippen molar-refractivity contribution in [3.05, 3.63) is 24.5 Å². The van der Waals surface area contributed by atoms with E-state index in [1.165, 1.54) is 0 Å². The fourth-order valence-corrected chi connectivity index (χ4v) is 2.42. The third-order valence-corrected chi connectivity index (χ3v) is 3.21. The van der Waals surface area contributed by atoms with Crippen molar-refractivity contribution in [1.29, 1.82) is 0 Å². The van der Waals surface area contributed by atoms with Crippen molar-refractivity contribution in [3.8, 4) is 0 Å². The highest BCUT2D eigenvalue weighted by molar-refractivity contribution is 5.80. The van der Waals surface area contributed by atoms with E-state index in [0.717, 1.165) is 12.2 Å². The number of aromatic nitrogens is 3. The summed E-state index contributed by atoms with van der Waals surface area (Å²) in [6, 6.07) is 0.277. The Labute approximate surface area is 101 Å². The molecule has 5 nitrogen and oxygen atoms in total. The Morgan fingerprint density at radius 3 is 2.94 bits per heavy atom. The monoisotopic (exact) mass is 234 g/mol. The number of rotatable bonds is 3. The van der Waals surface area contributed by atoms with Gasteiger partial charge in [-0.2, -0.15) is 0 Å². The molecule has 17 heavy (non-hydrogen) atoms. The van der Waals surface area contributed by atoms with Crippen molar-refractivity contribution < 1.29 is 4.79 Å². The summed E-state index contributed by atoms with van der Waals surface area (Å²) in [5, 5.41) is 8.06. The van der Waals surface area contributed by atoms with Crippen LogP contribution in [0, 0.1) is 0 Å². The van der Waals surface area contributed by atoms with Gasteiger partial charge in [0.2, 0.25) is 0 Å². The van der Waals surface area contributed by atoms with Crippen LogP contribution >= 0.6 is 0 Å². The molecule has 0 aliphatic carbocycles. The molecule has 5 heteroatoms. The average molecular weight is 234 g/mol. The number of carbonyl (C=O) groups is 1. The maximum Gasteiger partial charge on any atom is 0.136 e.